The summed E-state index contributed by atoms with van der Waals surface area (Å²) in [5, 5.41) is 2.58. The monoisotopic (exact) mass is 571 g/mol. The van der Waals surface area contributed by atoms with Crippen LogP contribution in [0, 0.1) is 20.8 Å². The van der Waals surface area contributed by atoms with E-state index in [-0.39, 0.29) is 61.8 Å². The molecule has 0 aliphatic heterocycles. The zero-order chi connectivity index (χ0) is 22.7. The van der Waals surface area contributed by atoms with Gasteiger partial charge in [0, 0.05) is 0 Å². The molecule has 0 bridgehead atoms. The van der Waals surface area contributed by atoms with Crippen molar-refractivity contribution in [2.24, 2.45) is 0 Å². The van der Waals surface area contributed by atoms with E-state index in [0.29, 0.717) is 0 Å². The van der Waals surface area contributed by atoms with E-state index < -0.39 is 0 Å². The van der Waals surface area contributed by atoms with Gasteiger partial charge in [0.1, 0.15) is 0 Å². The number of benzene rings is 2. The molecule has 179 valence electrons. The van der Waals surface area contributed by atoms with Crippen molar-refractivity contribution < 1.29 is 55.4 Å². The van der Waals surface area contributed by atoms with Crippen LogP contribution in [-0.4, -0.2) is 0 Å². The zero-order valence-electron chi connectivity index (χ0n) is 21.8. The van der Waals surface area contributed by atoms with Crippen LogP contribution in [-0.2, 0) is 37.0 Å². The minimum absolute atomic E-state index is 0. The van der Waals surface area contributed by atoms with Gasteiger partial charge >= 0.3 is 26.2 Å². The Balaban J connectivity index is 0.00000193. The van der Waals surface area contributed by atoms with Crippen LogP contribution in [0.4, 0.5) is 0 Å². The van der Waals surface area contributed by atoms with Crippen molar-refractivity contribution in [1.82, 2.24) is 0 Å². The quantitative estimate of drug-likeness (QED) is 0.336. The second-order valence-electron chi connectivity index (χ2n) is 11.1. The van der Waals surface area contributed by atoms with Gasteiger partial charge < -0.3 is 29.2 Å². The van der Waals surface area contributed by atoms with E-state index in [9.17, 15) is 0 Å². The fraction of sp³-hybridized carbons (Fsp3) is 0.367. The summed E-state index contributed by atoms with van der Waals surface area (Å²) in [6, 6.07) is 18.2. The molecule has 34 heavy (non-hydrogen) atoms. The second-order valence-corrected chi connectivity index (χ2v) is 11.1. The largest absolute Gasteiger partial charge is 3.00 e. The van der Waals surface area contributed by atoms with Gasteiger partial charge in [-0.1, -0.05) is 76.4 Å². The van der Waals surface area contributed by atoms with Crippen molar-refractivity contribution in [1.29, 1.82) is 0 Å². The maximum atomic E-state index is 5.93. The average molecular weight is 574 g/mol. The molecule has 3 aromatic carbocycles. The number of rotatable bonds is 2. The maximum Gasteiger partial charge on any atom is 3.00 e. The van der Waals surface area contributed by atoms with Crippen molar-refractivity contribution >= 4 is 10.8 Å². The number of furan rings is 1. The van der Waals surface area contributed by atoms with Crippen LogP contribution in [0.15, 0.2) is 52.9 Å². The fourth-order valence-electron chi connectivity index (χ4n) is 4.34. The summed E-state index contributed by atoms with van der Waals surface area (Å²) < 4.78 is 5.93. The molecule has 0 aliphatic rings. The summed E-state index contributed by atoms with van der Waals surface area (Å²) in [6.45, 7) is 20.3. The van der Waals surface area contributed by atoms with Gasteiger partial charge in [-0.3, -0.25) is 0 Å². The van der Waals surface area contributed by atoms with E-state index in [1.807, 2.05) is 13.0 Å². The number of fused-ring (bicyclic) bond motifs is 1. The smallest absolute Gasteiger partial charge is 1.00 e. The average Bonchev–Trinajstić information content (AvgIpc) is 3.27. The van der Waals surface area contributed by atoms with Crippen LogP contribution in [0.2, 0.25) is 0 Å². The zero-order valence-corrected chi connectivity index (χ0v) is 25.8. The van der Waals surface area contributed by atoms with Crippen molar-refractivity contribution in [3.05, 3.63) is 76.5 Å². The van der Waals surface area contributed by atoms with Crippen LogP contribution >= 0.6 is 0 Å². The minimum atomic E-state index is 0. The van der Waals surface area contributed by atoms with Gasteiger partial charge in [-0.15, -0.1) is 29.0 Å². The molecule has 4 rings (SSSR count). The molecular weight excluding hydrogens is 538 g/mol. The molecule has 0 amide bonds. The van der Waals surface area contributed by atoms with Gasteiger partial charge in [0.05, 0.1) is 11.5 Å². The Kier molecular flexibility index (Phi) is 9.81. The predicted octanol–water partition coefficient (Wildman–Crippen LogP) is 3.01. The van der Waals surface area contributed by atoms with E-state index in [4.69, 9.17) is 4.42 Å². The Hall–Kier alpha value is -1.21. The molecular formula is C30H35Cl2OZr. The van der Waals surface area contributed by atoms with Crippen LogP contribution < -0.4 is 24.8 Å². The first-order chi connectivity index (χ1) is 14.3. The Labute approximate surface area is 237 Å². The molecule has 0 unspecified atom stereocenters. The van der Waals surface area contributed by atoms with Gasteiger partial charge in [0.2, 0.25) is 0 Å². The van der Waals surface area contributed by atoms with E-state index in [2.05, 4.69) is 97.9 Å². The van der Waals surface area contributed by atoms with Gasteiger partial charge in [-0.05, 0) is 66.0 Å². The normalized spacial score (nSPS) is 11.6. The molecule has 1 radical (unpaired) electrons. The Bertz CT molecular complexity index is 1250. The third kappa shape index (κ3) is 5.95. The topological polar surface area (TPSA) is 13.1 Å². The Morgan fingerprint density at radius 1 is 0.735 bits per heavy atom. The molecule has 1 nitrogen and oxygen atoms in total. The molecule has 1 aromatic heterocycles. The van der Waals surface area contributed by atoms with Crippen LogP contribution in [0.5, 0.6) is 0 Å². The molecule has 0 spiro atoms. The first-order valence-corrected chi connectivity index (χ1v) is 11.3. The van der Waals surface area contributed by atoms with E-state index in [0.717, 1.165) is 17.1 Å². The summed E-state index contributed by atoms with van der Waals surface area (Å²) in [6.07, 6.45) is 0. The maximum absolute atomic E-state index is 5.93. The molecule has 0 saturated carbocycles. The molecule has 4 heteroatoms. The van der Waals surface area contributed by atoms with Crippen molar-refractivity contribution in [2.75, 3.05) is 0 Å². The van der Waals surface area contributed by atoms with Gasteiger partial charge in [0.25, 0.3) is 0 Å². The SMILES string of the molecule is Cc1ccc(-c2cc3c(-c4cc(C(C)(C)C)cc(C(C)(C)C)c4)c(C)c(C)cc3[cH-]2)o1.[Cl-].[Cl-].[Zr+3]. The molecule has 4 aromatic rings. The molecule has 1 heterocycles. The van der Waals surface area contributed by atoms with Gasteiger partial charge in [-0.25, -0.2) is 0 Å². The second kappa shape index (κ2) is 10.8. The van der Waals surface area contributed by atoms with Crippen LogP contribution in [0.1, 0.15) is 69.6 Å². The van der Waals surface area contributed by atoms with E-state index in [1.165, 1.54) is 44.2 Å². The summed E-state index contributed by atoms with van der Waals surface area (Å²) in [4.78, 5) is 0. The predicted molar refractivity (Wildman–Crippen MR) is 134 cm³/mol. The number of halogens is 2. The molecule has 0 atom stereocenters. The van der Waals surface area contributed by atoms with E-state index in [1.54, 1.807) is 0 Å². The Morgan fingerprint density at radius 3 is 1.76 bits per heavy atom. The van der Waals surface area contributed by atoms with E-state index >= 15 is 0 Å². The summed E-state index contributed by atoms with van der Waals surface area (Å²) in [5.41, 5.74) is 9.45. The molecule has 0 aliphatic carbocycles. The molecule has 0 N–H and O–H groups in total. The first kappa shape index (κ1) is 30.8. The summed E-state index contributed by atoms with van der Waals surface area (Å²) >= 11 is 0. The first-order valence-electron chi connectivity index (χ1n) is 11.3. The van der Waals surface area contributed by atoms with Crippen LogP contribution in [0.25, 0.3) is 33.2 Å². The van der Waals surface area contributed by atoms with Crippen molar-refractivity contribution in [3.8, 4) is 22.5 Å². The summed E-state index contributed by atoms with van der Waals surface area (Å²) in [7, 11) is 0. The minimum Gasteiger partial charge on any atom is -1.00 e. The summed E-state index contributed by atoms with van der Waals surface area (Å²) in [5.74, 6) is 1.88. The Morgan fingerprint density at radius 2 is 1.29 bits per heavy atom. The van der Waals surface area contributed by atoms with Crippen LogP contribution in [0.3, 0.4) is 0 Å². The van der Waals surface area contributed by atoms with Crippen molar-refractivity contribution in [2.45, 2.75) is 73.1 Å². The number of hydrogen-bond acceptors (Lipinski definition) is 1. The van der Waals surface area contributed by atoms with Crippen molar-refractivity contribution in [3.63, 3.8) is 0 Å². The fourth-order valence-corrected chi connectivity index (χ4v) is 4.34. The van der Waals surface area contributed by atoms with Gasteiger partial charge in [-0.2, -0.15) is 0 Å². The molecule has 0 saturated heterocycles. The number of aryl methyl sites for hydroxylation is 2. The van der Waals surface area contributed by atoms with Gasteiger partial charge in [0.15, 0.2) is 0 Å². The standard InChI is InChI=1S/C30H35O.2ClH.Zr/c1-18-12-21-13-22(27-11-10-19(2)31-27)16-26(21)28(20(18)3)23-14-24(29(4,5)6)17-25(15-23)30(7,8)9;;;/h10-17H,1-9H3;2*1H;/q-1;;;+3/p-2. The molecule has 0 fully saturated rings. The number of hydrogen-bond donors (Lipinski definition) is 0. The third-order valence-electron chi connectivity index (χ3n) is 6.51. The third-order valence-corrected chi connectivity index (χ3v) is 6.51.